The topological polar surface area (TPSA) is 40.5 Å². The molecule has 0 atom stereocenters. The molecule has 0 radical (unpaired) electrons. The van der Waals surface area contributed by atoms with Crippen molar-refractivity contribution < 1.29 is 9.90 Å². The number of fused-ring (bicyclic) bond motifs is 1. The summed E-state index contributed by atoms with van der Waals surface area (Å²) < 4.78 is 0. The second-order valence-corrected chi connectivity index (χ2v) is 5.82. The van der Waals surface area contributed by atoms with Gasteiger partial charge in [0, 0.05) is 18.8 Å². The third-order valence-electron chi connectivity index (χ3n) is 4.61. The number of hydrogen-bond acceptors (Lipinski definition) is 2. The molecule has 2 aliphatic rings. The smallest absolute Gasteiger partial charge is 0.335 e. The number of benzene rings is 1. The number of rotatable bonds is 4. The highest BCUT2D eigenvalue weighted by molar-refractivity contribution is 5.89. The molecule has 0 unspecified atom stereocenters. The molecule has 0 bridgehead atoms. The molecule has 1 aliphatic carbocycles. The molecule has 1 heterocycles. The number of anilines is 1. The zero-order valence-electron chi connectivity index (χ0n) is 11.3. The van der Waals surface area contributed by atoms with E-state index in [0.29, 0.717) is 5.56 Å². The molecule has 1 fully saturated rings. The maximum absolute atomic E-state index is 11.1. The van der Waals surface area contributed by atoms with Crippen LogP contribution in [0.15, 0.2) is 18.2 Å². The lowest BCUT2D eigenvalue weighted by Crippen LogP contribution is -2.23. The molecule has 0 saturated heterocycles. The first-order valence-electron chi connectivity index (χ1n) is 7.35. The van der Waals surface area contributed by atoms with Crippen molar-refractivity contribution in [2.24, 2.45) is 5.92 Å². The van der Waals surface area contributed by atoms with E-state index in [1.54, 1.807) is 6.07 Å². The molecule has 1 N–H and O–H groups in total. The van der Waals surface area contributed by atoms with Crippen LogP contribution in [-0.2, 0) is 6.42 Å². The Morgan fingerprint density at radius 1 is 1.32 bits per heavy atom. The van der Waals surface area contributed by atoms with Crippen LogP contribution in [0, 0.1) is 5.92 Å². The van der Waals surface area contributed by atoms with Gasteiger partial charge in [-0.1, -0.05) is 31.7 Å². The van der Waals surface area contributed by atoms with Crippen molar-refractivity contribution in [2.75, 3.05) is 18.0 Å². The molecular formula is C16H21NO2. The van der Waals surface area contributed by atoms with Crippen LogP contribution in [0.1, 0.15) is 48.0 Å². The predicted octanol–water partition coefficient (Wildman–Crippen LogP) is 3.33. The van der Waals surface area contributed by atoms with Crippen molar-refractivity contribution in [1.82, 2.24) is 0 Å². The summed E-state index contributed by atoms with van der Waals surface area (Å²) in [5.41, 5.74) is 2.86. The predicted molar refractivity (Wildman–Crippen MR) is 75.9 cm³/mol. The van der Waals surface area contributed by atoms with E-state index in [0.717, 1.165) is 31.1 Å². The number of carbonyl (C=O) groups is 1. The molecular weight excluding hydrogens is 238 g/mol. The number of aromatic carboxylic acids is 1. The average Bonchev–Trinajstić information content (AvgIpc) is 3.05. The maximum Gasteiger partial charge on any atom is 0.335 e. The van der Waals surface area contributed by atoms with E-state index in [1.165, 1.54) is 37.7 Å². The fourth-order valence-electron chi connectivity index (χ4n) is 3.45. The van der Waals surface area contributed by atoms with Gasteiger partial charge in [0.05, 0.1) is 5.56 Å². The second-order valence-electron chi connectivity index (χ2n) is 5.82. The summed E-state index contributed by atoms with van der Waals surface area (Å²) in [6.45, 7) is 2.13. The highest BCUT2D eigenvalue weighted by Crippen LogP contribution is 2.32. The van der Waals surface area contributed by atoms with E-state index in [4.69, 9.17) is 5.11 Å². The van der Waals surface area contributed by atoms with Gasteiger partial charge in [-0.15, -0.1) is 0 Å². The van der Waals surface area contributed by atoms with Gasteiger partial charge in [-0.25, -0.2) is 4.79 Å². The number of carboxylic acid groups (broad SMARTS) is 1. The summed E-state index contributed by atoms with van der Waals surface area (Å²) in [5, 5.41) is 9.09. The van der Waals surface area contributed by atoms with Crippen LogP contribution in [-0.4, -0.2) is 24.2 Å². The van der Waals surface area contributed by atoms with Crippen molar-refractivity contribution in [3.05, 3.63) is 29.3 Å². The summed E-state index contributed by atoms with van der Waals surface area (Å²) in [4.78, 5) is 13.4. The lowest BCUT2D eigenvalue weighted by Gasteiger charge is -2.21. The molecule has 0 spiro atoms. The van der Waals surface area contributed by atoms with Crippen LogP contribution < -0.4 is 4.90 Å². The summed E-state index contributed by atoms with van der Waals surface area (Å²) in [6, 6.07) is 5.55. The molecule has 102 valence electrons. The second kappa shape index (κ2) is 5.24. The molecule has 3 rings (SSSR count). The third kappa shape index (κ3) is 2.60. The quantitative estimate of drug-likeness (QED) is 0.901. The van der Waals surface area contributed by atoms with E-state index < -0.39 is 5.97 Å². The van der Waals surface area contributed by atoms with Gasteiger partial charge in [0.15, 0.2) is 0 Å². The largest absolute Gasteiger partial charge is 0.478 e. The molecule has 19 heavy (non-hydrogen) atoms. The highest BCUT2D eigenvalue weighted by atomic mass is 16.4. The van der Waals surface area contributed by atoms with Gasteiger partial charge in [-0.3, -0.25) is 0 Å². The minimum Gasteiger partial charge on any atom is -0.478 e. The molecule has 1 aromatic carbocycles. The van der Waals surface area contributed by atoms with Crippen molar-refractivity contribution >= 4 is 11.7 Å². The fourth-order valence-corrected chi connectivity index (χ4v) is 3.45. The first-order valence-corrected chi connectivity index (χ1v) is 7.35. The molecule has 0 amide bonds. The Balaban J connectivity index is 1.69. The van der Waals surface area contributed by atoms with Gasteiger partial charge < -0.3 is 10.0 Å². The van der Waals surface area contributed by atoms with Gasteiger partial charge in [-0.2, -0.15) is 0 Å². The summed E-state index contributed by atoms with van der Waals surface area (Å²) in [7, 11) is 0. The number of nitrogens with zero attached hydrogens (tertiary/aromatic N) is 1. The Hall–Kier alpha value is -1.51. The zero-order chi connectivity index (χ0) is 13.2. The molecule has 0 aromatic heterocycles. The van der Waals surface area contributed by atoms with Gasteiger partial charge in [-0.05, 0) is 36.5 Å². The van der Waals surface area contributed by atoms with Crippen LogP contribution >= 0.6 is 0 Å². The standard InChI is InChI=1S/C16H21NO2/c18-16(19)14-6-5-13-8-10-17(15(13)11-14)9-7-12-3-1-2-4-12/h5-6,11-12H,1-4,7-10H2,(H,18,19). The Bertz CT molecular complexity index is 478. The van der Waals surface area contributed by atoms with E-state index in [9.17, 15) is 4.79 Å². The monoisotopic (exact) mass is 259 g/mol. The summed E-state index contributed by atoms with van der Waals surface area (Å²) >= 11 is 0. The maximum atomic E-state index is 11.1. The van der Waals surface area contributed by atoms with Gasteiger partial charge in [0.1, 0.15) is 0 Å². The Kier molecular flexibility index (Phi) is 3.45. The number of carboxylic acids is 1. The normalized spacial score (nSPS) is 18.8. The zero-order valence-corrected chi connectivity index (χ0v) is 11.3. The fraction of sp³-hybridized carbons (Fsp3) is 0.562. The lowest BCUT2D eigenvalue weighted by atomic mass is 10.0. The van der Waals surface area contributed by atoms with Crippen LogP contribution in [0.5, 0.6) is 0 Å². The Labute approximate surface area is 114 Å². The van der Waals surface area contributed by atoms with E-state index in [2.05, 4.69) is 4.90 Å². The first kappa shape index (κ1) is 12.5. The van der Waals surface area contributed by atoms with Crippen LogP contribution in [0.25, 0.3) is 0 Å². The van der Waals surface area contributed by atoms with Crippen LogP contribution in [0.2, 0.25) is 0 Å². The number of hydrogen-bond donors (Lipinski definition) is 1. The van der Waals surface area contributed by atoms with Crippen molar-refractivity contribution in [2.45, 2.75) is 38.5 Å². The highest BCUT2D eigenvalue weighted by Gasteiger charge is 2.22. The summed E-state index contributed by atoms with van der Waals surface area (Å²) in [6.07, 6.45) is 7.87. The molecule has 1 saturated carbocycles. The van der Waals surface area contributed by atoms with E-state index >= 15 is 0 Å². The van der Waals surface area contributed by atoms with Crippen LogP contribution in [0.3, 0.4) is 0 Å². The lowest BCUT2D eigenvalue weighted by molar-refractivity contribution is 0.0697. The average molecular weight is 259 g/mol. The first-order chi connectivity index (χ1) is 9.24. The minimum atomic E-state index is -0.828. The molecule has 1 aliphatic heterocycles. The minimum absolute atomic E-state index is 0.409. The van der Waals surface area contributed by atoms with Crippen molar-refractivity contribution in [3.63, 3.8) is 0 Å². The van der Waals surface area contributed by atoms with Crippen molar-refractivity contribution in [1.29, 1.82) is 0 Å². The van der Waals surface area contributed by atoms with E-state index in [1.807, 2.05) is 12.1 Å². The van der Waals surface area contributed by atoms with Crippen molar-refractivity contribution in [3.8, 4) is 0 Å². The third-order valence-corrected chi connectivity index (χ3v) is 4.61. The van der Waals surface area contributed by atoms with Crippen LogP contribution in [0.4, 0.5) is 5.69 Å². The molecule has 3 nitrogen and oxygen atoms in total. The van der Waals surface area contributed by atoms with Gasteiger partial charge >= 0.3 is 5.97 Å². The Morgan fingerprint density at radius 3 is 2.84 bits per heavy atom. The molecule has 1 aromatic rings. The summed E-state index contributed by atoms with van der Waals surface area (Å²) in [5.74, 6) is 0.0668. The van der Waals surface area contributed by atoms with E-state index in [-0.39, 0.29) is 0 Å². The van der Waals surface area contributed by atoms with Gasteiger partial charge in [0.2, 0.25) is 0 Å². The van der Waals surface area contributed by atoms with Gasteiger partial charge in [0.25, 0.3) is 0 Å². The SMILES string of the molecule is O=C(O)c1ccc2c(c1)N(CCC1CCCC1)CC2. The molecule has 3 heteroatoms. The Morgan fingerprint density at radius 2 is 2.11 bits per heavy atom.